The number of methoxy groups -OCH3 is 1. The van der Waals surface area contributed by atoms with Crippen LogP contribution in [0.4, 0.5) is 0 Å². The standard InChI is InChI=1S/C15H20N2O4S/c1-3-22(19,20)16-10-12-7-8-17(11-12)15(18)13-5-4-6-14(9-13)21-2/h3-6,9,12,16H,1,7-8,10-11H2,2H3/t12-/m1/s1. The molecule has 1 aromatic rings. The number of sulfonamides is 1. The molecule has 1 aliphatic rings. The Bertz CT molecular complexity index is 657. The van der Waals surface area contributed by atoms with Gasteiger partial charge in [0.15, 0.2) is 0 Å². The highest BCUT2D eigenvalue weighted by atomic mass is 32.2. The lowest BCUT2D eigenvalue weighted by Crippen LogP contribution is -2.32. The zero-order valence-corrected chi connectivity index (χ0v) is 13.3. The van der Waals surface area contributed by atoms with Crippen molar-refractivity contribution >= 4 is 15.9 Å². The summed E-state index contributed by atoms with van der Waals surface area (Å²) in [5.41, 5.74) is 0.576. The minimum atomic E-state index is -3.41. The maximum atomic E-state index is 12.4. The van der Waals surface area contributed by atoms with E-state index in [1.54, 1.807) is 36.3 Å². The van der Waals surface area contributed by atoms with Gasteiger partial charge in [-0.3, -0.25) is 4.79 Å². The average molecular weight is 324 g/mol. The summed E-state index contributed by atoms with van der Waals surface area (Å²) in [5.74, 6) is 0.692. The molecule has 22 heavy (non-hydrogen) atoms. The third-order valence-electron chi connectivity index (χ3n) is 3.68. The minimum absolute atomic E-state index is 0.0621. The Morgan fingerprint density at radius 1 is 1.55 bits per heavy atom. The molecule has 1 N–H and O–H groups in total. The molecule has 0 aliphatic carbocycles. The lowest BCUT2D eigenvalue weighted by atomic mass is 10.1. The summed E-state index contributed by atoms with van der Waals surface area (Å²) in [6.45, 7) is 4.72. The van der Waals surface area contributed by atoms with Crippen LogP contribution in [0.3, 0.4) is 0 Å². The Balaban J connectivity index is 1.94. The van der Waals surface area contributed by atoms with E-state index in [0.717, 1.165) is 11.8 Å². The van der Waals surface area contributed by atoms with Gasteiger partial charge in [0.2, 0.25) is 10.0 Å². The average Bonchev–Trinajstić information content (AvgIpc) is 3.01. The molecule has 0 radical (unpaired) electrons. The van der Waals surface area contributed by atoms with E-state index in [-0.39, 0.29) is 11.8 Å². The van der Waals surface area contributed by atoms with Crippen molar-refractivity contribution in [3.63, 3.8) is 0 Å². The molecule has 2 rings (SSSR count). The number of nitrogens with one attached hydrogen (secondary N) is 1. The number of nitrogens with zero attached hydrogens (tertiary/aromatic N) is 1. The summed E-state index contributed by atoms with van der Waals surface area (Å²) in [6.07, 6.45) is 0.773. The minimum Gasteiger partial charge on any atom is -0.497 e. The van der Waals surface area contributed by atoms with E-state index in [1.807, 2.05) is 0 Å². The fraction of sp³-hybridized carbons (Fsp3) is 0.400. The first-order valence-electron chi connectivity index (χ1n) is 7.00. The summed E-state index contributed by atoms with van der Waals surface area (Å²) >= 11 is 0. The van der Waals surface area contributed by atoms with Gasteiger partial charge in [-0.1, -0.05) is 12.6 Å². The first-order chi connectivity index (χ1) is 10.4. The van der Waals surface area contributed by atoms with Crippen LogP contribution in [0.2, 0.25) is 0 Å². The maximum absolute atomic E-state index is 12.4. The summed E-state index contributed by atoms with van der Waals surface area (Å²) < 4.78 is 30.3. The van der Waals surface area contributed by atoms with Gasteiger partial charge < -0.3 is 9.64 Å². The summed E-state index contributed by atoms with van der Waals surface area (Å²) in [6, 6.07) is 7.01. The molecule has 1 fully saturated rings. The predicted octanol–water partition coefficient (Wildman–Crippen LogP) is 1.22. The van der Waals surface area contributed by atoms with Gasteiger partial charge in [0, 0.05) is 30.6 Å². The summed E-state index contributed by atoms with van der Waals surface area (Å²) in [7, 11) is -1.86. The van der Waals surface area contributed by atoms with Gasteiger partial charge >= 0.3 is 0 Å². The quantitative estimate of drug-likeness (QED) is 0.854. The fourth-order valence-corrected chi connectivity index (χ4v) is 3.00. The van der Waals surface area contributed by atoms with Crippen molar-refractivity contribution in [3.05, 3.63) is 41.8 Å². The molecule has 0 saturated carbocycles. The van der Waals surface area contributed by atoms with Crippen molar-refractivity contribution in [3.8, 4) is 5.75 Å². The lowest BCUT2D eigenvalue weighted by molar-refractivity contribution is 0.0787. The van der Waals surface area contributed by atoms with Crippen LogP contribution in [0.1, 0.15) is 16.8 Å². The molecular weight excluding hydrogens is 304 g/mol. The zero-order chi connectivity index (χ0) is 16.2. The number of amides is 1. The van der Waals surface area contributed by atoms with Gasteiger partial charge in [0.05, 0.1) is 7.11 Å². The molecule has 7 heteroatoms. The van der Waals surface area contributed by atoms with Crippen LogP contribution < -0.4 is 9.46 Å². The number of hydrogen-bond donors (Lipinski definition) is 1. The van der Waals surface area contributed by atoms with Gasteiger partial charge in [-0.2, -0.15) is 0 Å². The zero-order valence-electron chi connectivity index (χ0n) is 12.5. The molecule has 0 bridgehead atoms. The topological polar surface area (TPSA) is 75.7 Å². The van der Waals surface area contributed by atoms with Gasteiger partial charge in [0.1, 0.15) is 5.75 Å². The number of rotatable bonds is 6. The molecule has 1 aliphatic heterocycles. The van der Waals surface area contributed by atoms with Crippen LogP contribution >= 0.6 is 0 Å². The van der Waals surface area contributed by atoms with Crippen LogP contribution in [-0.2, 0) is 10.0 Å². The van der Waals surface area contributed by atoms with E-state index in [4.69, 9.17) is 4.74 Å². The number of carbonyl (C=O) groups excluding carboxylic acids is 1. The molecule has 0 unspecified atom stereocenters. The Kier molecular flexibility index (Phi) is 5.20. The summed E-state index contributed by atoms with van der Waals surface area (Å²) in [4.78, 5) is 14.2. The van der Waals surface area contributed by atoms with Crippen LogP contribution in [0.25, 0.3) is 0 Å². The van der Waals surface area contributed by atoms with Crippen LogP contribution in [0.5, 0.6) is 5.75 Å². The Hall–Kier alpha value is -1.86. The van der Waals surface area contributed by atoms with Crippen molar-refractivity contribution < 1.29 is 17.9 Å². The molecule has 1 amide bonds. The molecule has 1 heterocycles. The van der Waals surface area contributed by atoms with Crippen LogP contribution in [-0.4, -0.2) is 46.0 Å². The SMILES string of the molecule is C=CS(=O)(=O)NC[C@H]1CCN(C(=O)c2cccc(OC)c2)C1. The highest BCUT2D eigenvalue weighted by molar-refractivity contribution is 7.92. The number of likely N-dealkylation sites (tertiary alicyclic amines) is 1. The molecule has 1 atom stereocenters. The van der Waals surface area contributed by atoms with Crippen molar-refractivity contribution in [2.45, 2.75) is 6.42 Å². The number of benzene rings is 1. The van der Waals surface area contributed by atoms with Crippen LogP contribution in [0, 0.1) is 5.92 Å². The van der Waals surface area contributed by atoms with Gasteiger partial charge in [-0.15, -0.1) is 0 Å². The monoisotopic (exact) mass is 324 g/mol. The van der Waals surface area contributed by atoms with Gasteiger partial charge in [-0.05, 0) is 30.5 Å². The Morgan fingerprint density at radius 3 is 3.00 bits per heavy atom. The second-order valence-corrected chi connectivity index (χ2v) is 6.91. The number of hydrogen-bond acceptors (Lipinski definition) is 4. The van der Waals surface area contributed by atoms with Crippen molar-refractivity contribution in [1.29, 1.82) is 0 Å². The summed E-state index contributed by atoms with van der Waals surface area (Å²) in [5, 5.41) is 0.890. The normalized spacial score (nSPS) is 18.2. The van der Waals surface area contributed by atoms with Gasteiger partial charge in [0.25, 0.3) is 5.91 Å². The van der Waals surface area contributed by atoms with Crippen molar-refractivity contribution in [2.75, 3.05) is 26.7 Å². The highest BCUT2D eigenvalue weighted by Crippen LogP contribution is 2.20. The largest absolute Gasteiger partial charge is 0.497 e. The molecule has 1 aromatic carbocycles. The number of ether oxygens (including phenoxy) is 1. The van der Waals surface area contributed by atoms with Crippen molar-refractivity contribution in [2.24, 2.45) is 5.92 Å². The molecule has 6 nitrogen and oxygen atoms in total. The van der Waals surface area contributed by atoms with E-state index < -0.39 is 10.0 Å². The Labute approximate surface area is 130 Å². The first kappa shape index (κ1) is 16.5. The fourth-order valence-electron chi connectivity index (χ4n) is 2.42. The maximum Gasteiger partial charge on any atom is 0.253 e. The third kappa shape index (κ3) is 4.08. The second-order valence-electron chi connectivity index (χ2n) is 5.20. The van der Waals surface area contributed by atoms with E-state index in [9.17, 15) is 13.2 Å². The lowest BCUT2D eigenvalue weighted by Gasteiger charge is -2.17. The molecular formula is C15H20N2O4S. The van der Waals surface area contributed by atoms with E-state index in [1.165, 1.54) is 0 Å². The van der Waals surface area contributed by atoms with Crippen LogP contribution in [0.15, 0.2) is 36.3 Å². The first-order valence-corrected chi connectivity index (χ1v) is 8.55. The third-order valence-corrected chi connectivity index (χ3v) is 4.69. The highest BCUT2D eigenvalue weighted by Gasteiger charge is 2.27. The van der Waals surface area contributed by atoms with Gasteiger partial charge in [-0.25, -0.2) is 13.1 Å². The number of carbonyl (C=O) groups is 1. The second kappa shape index (κ2) is 6.93. The molecule has 0 aromatic heterocycles. The molecule has 120 valence electrons. The molecule has 0 spiro atoms. The predicted molar refractivity (Wildman–Crippen MR) is 84.1 cm³/mol. The van der Waals surface area contributed by atoms with E-state index in [2.05, 4.69) is 11.3 Å². The van der Waals surface area contributed by atoms with Crippen molar-refractivity contribution in [1.82, 2.24) is 9.62 Å². The smallest absolute Gasteiger partial charge is 0.253 e. The Morgan fingerprint density at radius 2 is 2.32 bits per heavy atom. The molecule has 1 saturated heterocycles. The van der Waals surface area contributed by atoms with E-state index >= 15 is 0 Å². The van der Waals surface area contributed by atoms with E-state index in [0.29, 0.717) is 30.9 Å².